The van der Waals surface area contributed by atoms with Crippen LogP contribution in [0.15, 0.2) is 6.20 Å². The SMILES string of the molecule is CC1CCC(NCCCc2cnn[nH]2)CC1. The standard InChI is InChI=1S/C12H22N4/c1-10-4-6-11(7-5-10)13-8-2-3-12-9-14-16-15-12/h9-11,13H,2-8H2,1H3,(H,14,15,16). The first-order valence-corrected chi connectivity index (χ1v) is 6.43. The highest BCUT2D eigenvalue weighted by molar-refractivity contribution is 4.90. The van der Waals surface area contributed by atoms with Crippen LogP contribution in [0.25, 0.3) is 0 Å². The smallest absolute Gasteiger partial charge is 0.0722 e. The van der Waals surface area contributed by atoms with Crippen LogP contribution < -0.4 is 5.32 Å². The van der Waals surface area contributed by atoms with Crippen molar-refractivity contribution in [2.24, 2.45) is 5.92 Å². The molecule has 1 aromatic heterocycles. The van der Waals surface area contributed by atoms with Crippen LogP contribution in [0.2, 0.25) is 0 Å². The largest absolute Gasteiger partial charge is 0.314 e. The van der Waals surface area contributed by atoms with Gasteiger partial charge in [-0.2, -0.15) is 0 Å². The average Bonchev–Trinajstić information content (AvgIpc) is 2.80. The predicted molar refractivity (Wildman–Crippen MR) is 64.1 cm³/mol. The van der Waals surface area contributed by atoms with E-state index < -0.39 is 0 Å². The zero-order chi connectivity index (χ0) is 11.2. The molecule has 0 radical (unpaired) electrons. The molecule has 0 aromatic carbocycles. The predicted octanol–water partition coefficient (Wildman–Crippen LogP) is 1.91. The maximum atomic E-state index is 3.77. The zero-order valence-corrected chi connectivity index (χ0v) is 10.1. The van der Waals surface area contributed by atoms with E-state index in [4.69, 9.17) is 0 Å². The number of nitrogens with zero attached hydrogens (tertiary/aromatic N) is 2. The van der Waals surface area contributed by atoms with E-state index in [-0.39, 0.29) is 0 Å². The molecule has 0 aliphatic heterocycles. The third-order valence-electron chi connectivity index (χ3n) is 3.54. The van der Waals surface area contributed by atoms with E-state index in [1.807, 2.05) is 6.20 Å². The molecular weight excluding hydrogens is 200 g/mol. The van der Waals surface area contributed by atoms with Crippen molar-refractivity contribution in [1.82, 2.24) is 20.7 Å². The number of aryl methyl sites for hydroxylation is 1. The summed E-state index contributed by atoms with van der Waals surface area (Å²) in [4.78, 5) is 0. The van der Waals surface area contributed by atoms with Gasteiger partial charge in [0.1, 0.15) is 0 Å². The van der Waals surface area contributed by atoms with E-state index in [1.165, 1.54) is 25.7 Å². The molecule has 1 aliphatic carbocycles. The number of hydrogen-bond acceptors (Lipinski definition) is 3. The number of hydrogen-bond donors (Lipinski definition) is 2. The fourth-order valence-electron chi connectivity index (χ4n) is 2.39. The third kappa shape index (κ3) is 3.59. The van der Waals surface area contributed by atoms with Crippen molar-refractivity contribution in [3.8, 4) is 0 Å². The Morgan fingerprint density at radius 2 is 2.19 bits per heavy atom. The first-order valence-electron chi connectivity index (χ1n) is 6.43. The van der Waals surface area contributed by atoms with Gasteiger partial charge in [-0.15, -0.1) is 5.10 Å². The van der Waals surface area contributed by atoms with Gasteiger partial charge in [-0.1, -0.05) is 12.1 Å². The summed E-state index contributed by atoms with van der Waals surface area (Å²) < 4.78 is 0. The molecule has 4 heteroatoms. The second-order valence-electron chi connectivity index (χ2n) is 5.00. The molecule has 0 bridgehead atoms. The van der Waals surface area contributed by atoms with Crippen molar-refractivity contribution in [2.75, 3.05) is 6.54 Å². The van der Waals surface area contributed by atoms with Crippen LogP contribution in [0.4, 0.5) is 0 Å². The minimum absolute atomic E-state index is 0.760. The lowest BCUT2D eigenvalue weighted by Gasteiger charge is -2.27. The lowest BCUT2D eigenvalue weighted by Crippen LogP contribution is -2.33. The fraction of sp³-hybridized carbons (Fsp3) is 0.833. The van der Waals surface area contributed by atoms with Crippen LogP contribution in [0.3, 0.4) is 0 Å². The molecule has 0 saturated heterocycles. The second kappa shape index (κ2) is 5.99. The molecule has 1 aliphatic rings. The molecule has 2 rings (SSSR count). The van der Waals surface area contributed by atoms with Gasteiger partial charge in [0.05, 0.1) is 11.9 Å². The molecule has 0 atom stereocenters. The van der Waals surface area contributed by atoms with Gasteiger partial charge in [0.15, 0.2) is 0 Å². The van der Waals surface area contributed by atoms with Crippen molar-refractivity contribution in [1.29, 1.82) is 0 Å². The normalized spacial score (nSPS) is 25.8. The van der Waals surface area contributed by atoms with E-state index in [9.17, 15) is 0 Å². The Bertz CT molecular complexity index is 275. The lowest BCUT2D eigenvalue weighted by atomic mass is 9.87. The average molecular weight is 222 g/mol. The van der Waals surface area contributed by atoms with Crippen molar-refractivity contribution in [3.63, 3.8) is 0 Å². The molecule has 90 valence electrons. The molecule has 16 heavy (non-hydrogen) atoms. The third-order valence-corrected chi connectivity index (χ3v) is 3.54. The Hall–Kier alpha value is -0.900. The summed E-state index contributed by atoms with van der Waals surface area (Å²) in [5.74, 6) is 0.939. The van der Waals surface area contributed by atoms with Crippen molar-refractivity contribution < 1.29 is 0 Å². The molecular formula is C12H22N4. The summed E-state index contributed by atoms with van der Waals surface area (Å²) in [5, 5.41) is 14.0. The van der Waals surface area contributed by atoms with Crippen LogP contribution in [0.1, 0.15) is 44.7 Å². The van der Waals surface area contributed by atoms with E-state index in [0.717, 1.165) is 37.0 Å². The molecule has 1 aromatic rings. The molecule has 1 heterocycles. The molecule has 4 nitrogen and oxygen atoms in total. The highest BCUT2D eigenvalue weighted by Crippen LogP contribution is 2.23. The van der Waals surface area contributed by atoms with Gasteiger partial charge in [0.2, 0.25) is 0 Å². The number of nitrogens with one attached hydrogen (secondary N) is 2. The Morgan fingerprint density at radius 3 is 2.88 bits per heavy atom. The van der Waals surface area contributed by atoms with E-state index in [2.05, 4.69) is 27.7 Å². The van der Waals surface area contributed by atoms with Crippen LogP contribution >= 0.6 is 0 Å². The van der Waals surface area contributed by atoms with Crippen LogP contribution in [0.5, 0.6) is 0 Å². The van der Waals surface area contributed by atoms with Gasteiger partial charge < -0.3 is 5.32 Å². The molecule has 0 amide bonds. The maximum absolute atomic E-state index is 3.77. The number of rotatable bonds is 5. The number of H-pyrrole nitrogens is 1. The fourth-order valence-corrected chi connectivity index (χ4v) is 2.39. The van der Waals surface area contributed by atoms with Gasteiger partial charge >= 0.3 is 0 Å². The maximum Gasteiger partial charge on any atom is 0.0722 e. The first-order chi connectivity index (χ1) is 7.84. The van der Waals surface area contributed by atoms with Gasteiger partial charge in [0, 0.05) is 6.04 Å². The minimum atomic E-state index is 0.760. The summed E-state index contributed by atoms with van der Waals surface area (Å²) in [5.41, 5.74) is 1.14. The van der Waals surface area contributed by atoms with E-state index in [1.54, 1.807) is 0 Å². The summed E-state index contributed by atoms with van der Waals surface area (Å²) in [6.45, 7) is 3.47. The summed E-state index contributed by atoms with van der Waals surface area (Å²) >= 11 is 0. The Kier molecular flexibility index (Phi) is 4.34. The minimum Gasteiger partial charge on any atom is -0.314 e. The highest BCUT2D eigenvalue weighted by atomic mass is 15.3. The molecule has 2 N–H and O–H groups in total. The van der Waals surface area contributed by atoms with Gasteiger partial charge in [0.25, 0.3) is 0 Å². The summed E-state index contributed by atoms with van der Waals surface area (Å²) in [7, 11) is 0. The first kappa shape index (κ1) is 11.6. The van der Waals surface area contributed by atoms with E-state index in [0.29, 0.717) is 0 Å². The van der Waals surface area contributed by atoms with Crippen LogP contribution in [-0.4, -0.2) is 28.0 Å². The summed E-state index contributed by atoms with van der Waals surface area (Å²) in [6.07, 6.45) is 9.51. The molecule has 0 spiro atoms. The van der Waals surface area contributed by atoms with Crippen molar-refractivity contribution in [3.05, 3.63) is 11.9 Å². The monoisotopic (exact) mass is 222 g/mol. The van der Waals surface area contributed by atoms with Crippen molar-refractivity contribution in [2.45, 2.75) is 51.5 Å². The Labute approximate surface area is 97.2 Å². The number of aromatic nitrogens is 3. The summed E-state index contributed by atoms with van der Waals surface area (Å²) in [6, 6.07) is 0.760. The van der Waals surface area contributed by atoms with Crippen LogP contribution in [-0.2, 0) is 6.42 Å². The lowest BCUT2D eigenvalue weighted by molar-refractivity contribution is 0.307. The molecule has 0 unspecified atom stereocenters. The molecule has 1 saturated carbocycles. The molecule has 1 fully saturated rings. The van der Waals surface area contributed by atoms with Gasteiger partial charge in [-0.05, 0) is 51.0 Å². The van der Waals surface area contributed by atoms with Crippen molar-refractivity contribution >= 4 is 0 Å². The Morgan fingerprint density at radius 1 is 1.38 bits per heavy atom. The van der Waals surface area contributed by atoms with Gasteiger partial charge in [-0.25, -0.2) is 0 Å². The Balaban J connectivity index is 1.55. The topological polar surface area (TPSA) is 53.6 Å². The van der Waals surface area contributed by atoms with Gasteiger partial charge in [-0.3, -0.25) is 5.10 Å². The van der Waals surface area contributed by atoms with Crippen LogP contribution in [0, 0.1) is 5.92 Å². The second-order valence-corrected chi connectivity index (χ2v) is 5.00. The quantitative estimate of drug-likeness (QED) is 0.748. The highest BCUT2D eigenvalue weighted by Gasteiger charge is 2.16. The number of aromatic amines is 1. The van der Waals surface area contributed by atoms with E-state index >= 15 is 0 Å². The zero-order valence-electron chi connectivity index (χ0n) is 10.1.